The molecule has 3 heterocycles. The van der Waals surface area contributed by atoms with Crippen LogP contribution < -0.4 is 0 Å². The van der Waals surface area contributed by atoms with Gasteiger partial charge in [0.25, 0.3) is 0 Å². The van der Waals surface area contributed by atoms with E-state index in [4.69, 9.17) is 0 Å². The molecule has 160 valence electrons. The van der Waals surface area contributed by atoms with Gasteiger partial charge in [-0.05, 0) is 42.3 Å². The minimum atomic E-state index is 0.0731. The molecule has 2 aromatic rings. The molecule has 30 heavy (non-hydrogen) atoms. The second kappa shape index (κ2) is 9.57. The highest BCUT2D eigenvalue weighted by Crippen LogP contribution is 2.19. The number of aryl methyl sites for hydroxylation is 1. The summed E-state index contributed by atoms with van der Waals surface area (Å²) in [5.74, 6) is 0.577. The highest BCUT2D eigenvalue weighted by molar-refractivity contribution is 7.99. The Morgan fingerprint density at radius 2 is 1.60 bits per heavy atom. The molecule has 9 nitrogen and oxygen atoms in total. The maximum Gasteiger partial charge on any atom is 0.236 e. The summed E-state index contributed by atoms with van der Waals surface area (Å²) in [5, 5.41) is 12.5. The predicted octanol–water partition coefficient (Wildman–Crippen LogP) is 0.829. The van der Waals surface area contributed by atoms with Gasteiger partial charge in [0, 0.05) is 39.3 Å². The number of likely N-dealkylation sites (tertiary alicyclic amines) is 1. The van der Waals surface area contributed by atoms with Crippen LogP contribution in [0.3, 0.4) is 0 Å². The molecule has 4 rings (SSSR count). The first-order valence-corrected chi connectivity index (χ1v) is 11.3. The molecule has 1 aromatic carbocycles. The predicted molar refractivity (Wildman–Crippen MR) is 113 cm³/mol. The van der Waals surface area contributed by atoms with Gasteiger partial charge in [-0.2, -0.15) is 4.68 Å². The van der Waals surface area contributed by atoms with Gasteiger partial charge in [-0.3, -0.25) is 14.5 Å². The van der Waals surface area contributed by atoms with E-state index in [2.05, 4.69) is 20.4 Å². The Labute approximate surface area is 180 Å². The van der Waals surface area contributed by atoms with Crippen molar-refractivity contribution in [3.63, 3.8) is 0 Å². The Balaban J connectivity index is 1.24. The summed E-state index contributed by atoms with van der Waals surface area (Å²) in [6.45, 7) is 7.02. The van der Waals surface area contributed by atoms with Crippen molar-refractivity contribution in [1.29, 1.82) is 0 Å². The fraction of sp³-hybridized carbons (Fsp3) is 0.550. The molecule has 2 saturated heterocycles. The summed E-state index contributed by atoms with van der Waals surface area (Å²) in [7, 11) is 0. The normalized spacial score (nSPS) is 17.5. The number of nitrogens with zero attached hydrogens (tertiary/aromatic N) is 7. The number of amides is 2. The van der Waals surface area contributed by atoms with Gasteiger partial charge in [0.05, 0.1) is 18.0 Å². The molecule has 2 aliphatic rings. The van der Waals surface area contributed by atoms with E-state index >= 15 is 0 Å². The van der Waals surface area contributed by atoms with E-state index < -0.39 is 0 Å². The van der Waals surface area contributed by atoms with E-state index in [0.29, 0.717) is 30.5 Å². The van der Waals surface area contributed by atoms with Crippen molar-refractivity contribution >= 4 is 23.6 Å². The first-order chi connectivity index (χ1) is 14.6. The van der Waals surface area contributed by atoms with Crippen molar-refractivity contribution in [2.75, 3.05) is 51.6 Å². The number of aromatic nitrogens is 4. The summed E-state index contributed by atoms with van der Waals surface area (Å²) >= 11 is 1.34. The standard InChI is InChI=1S/C20H27N7O2S/c1-16-4-6-17(7-5-16)27-20(21-22-23-27)30-15-19(29)26-12-10-24(11-13-26)14-18(28)25-8-2-3-9-25/h4-7H,2-3,8-15H2,1H3. The summed E-state index contributed by atoms with van der Waals surface area (Å²) in [4.78, 5) is 30.9. The molecule has 2 fully saturated rings. The molecule has 1 aromatic heterocycles. The van der Waals surface area contributed by atoms with Crippen LogP contribution in [0.2, 0.25) is 0 Å². The molecule has 0 unspecified atom stereocenters. The van der Waals surface area contributed by atoms with Crippen LogP contribution in [0, 0.1) is 6.92 Å². The topological polar surface area (TPSA) is 87.5 Å². The average Bonchev–Trinajstić information content (AvgIpc) is 3.45. The molecule has 0 aliphatic carbocycles. The van der Waals surface area contributed by atoms with Crippen molar-refractivity contribution in [2.24, 2.45) is 0 Å². The number of carbonyl (C=O) groups excluding carboxylic acids is 2. The van der Waals surface area contributed by atoms with Crippen molar-refractivity contribution in [2.45, 2.75) is 24.9 Å². The summed E-state index contributed by atoms with van der Waals surface area (Å²) < 4.78 is 1.65. The first-order valence-electron chi connectivity index (χ1n) is 10.4. The van der Waals surface area contributed by atoms with Crippen LogP contribution in [0.25, 0.3) is 5.69 Å². The highest BCUT2D eigenvalue weighted by atomic mass is 32.2. The van der Waals surface area contributed by atoms with Crippen LogP contribution in [-0.2, 0) is 9.59 Å². The van der Waals surface area contributed by atoms with E-state index in [9.17, 15) is 9.59 Å². The number of hydrogen-bond donors (Lipinski definition) is 0. The van der Waals surface area contributed by atoms with Crippen LogP contribution in [0.1, 0.15) is 18.4 Å². The lowest BCUT2D eigenvalue weighted by Crippen LogP contribution is -2.51. The van der Waals surface area contributed by atoms with Gasteiger partial charge in [-0.15, -0.1) is 5.10 Å². The highest BCUT2D eigenvalue weighted by Gasteiger charge is 2.25. The van der Waals surface area contributed by atoms with E-state index in [1.807, 2.05) is 41.0 Å². The van der Waals surface area contributed by atoms with Crippen molar-refractivity contribution in [3.05, 3.63) is 29.8 Å². The number of benzene rings is 1. The largest absolute Gasteiger partial charge is 0.342 e. The van der Waals surface area contributed by atoms with Crippen LogP contribution in [0.4, 0.5) is 0 Å². The van der Waals surface area contributed by atoms with Crippen LogP contribution in [-0.4, -0.2) is 98.3 Å². The van der Waals surface area contributed by atoms with Gasteiger partial charge in [0.2, 0.25) is 17.0 Å². The van der Waals surface area contributed by atoms with Crippen molar-refractivity contribution < 1.29 is 9.59 Å². The third-order valence-corrected chi connectivity index (χ3v) is 6.49. The van der Waals surface area contributed by atoms with E-state index in [1.165, 1.54) is 11.8 Å². The summed E-state index contributed by atoms with van der Waals surface area (Å²) in [6, 6.07) is 7.93. The quantitative estimate of drug-likeness (QED) is 0.629. The molecule has 2 amide bonds. The molecule has 10 heteroatoms. The Morgan fingerprint density at radius 1 is 0.933 bits per heavy atom. The van der Waals surface area contributed by atoms with E-state index in [-0.39, 0.29) is 11.8 Å². The van der Waals surface area contributed by atoms with Gasteiger partial charge >= 0.3 is 0 Å². The fourth-order valence-electron chi connectivity index (χ4n) is 3.75. The Hall–Kier alpha value is -2.46. The van der Waals surface area contributed by atoms with Crippen LogP contribution >= 0.6 is 11.8 Å². The van der Waals surface area contributed by atoms with Gasteiger partial charge in [0.15, 0.2) is 0 Å². The second-order valence-electron chi connectivity index (χ2n) is 7.74. The van der Waals surface area contributed by atoms with Gasteiger partial charge in [0.1, 0.15) is 0 Å². The molecular weight excluding hydrogens is 402 g/mol. The zero-order valence-corrected chi connectivity index (χ0v) is 18.1. The molecule has 2 aliphatic heterocycles. The van der Waals surface area contributed by atoms with E-state index in [1.54, 1.807) is 4.68 Å². The smallest absolute Gasteiger partial charge is 0.236 e. The third kappa shape index (κ3) is 4.99. The Morgan fingerprint density at radius 3 is 2.30 bits per heavy atom. The van der Waals surface area contributed by atoms with Crippen molar-refractivity contribution in [1.82, 2.24) is 34.9 Å². The molecule has 0 N–H and O–H groups in total. The average molecular weight is 430 g/mol. The number of rotatable bonds is 6. The SMILES string of the molecule is Cc1ccc(-n2nnnc2SCC(=O)N2CCN(CC(=O)N3CCCC3)CC2)cc1. The van der Waals surface area contributed by atoms with Gasteiger partial charge in [-0.25, -0.2) is 0 Å². The Kier molecular flexibility index (Phi) is 6.63. The molecule has 0 bridgehead atoms. The summed E-state index contributed by atoms with van der Waals surface area (Å²) in [5.41, 5.74) is 2.04. The van der Waals surface area contributed by atoms with E-state index in [0.717, 1.165) is 50.3 Å². The zero-order valence-electron chi connectivity index (χ0n) is 17.2. The minimum Gasteiger partial charge on any atom is -0.342 e. The lowest BCUT2D eigenvalue weighted by molar-refractivity contribution is -0.133. The maximum absolute atomic E-state index is 12.7. The molecule has 0 radical (unpaired) electrons. The lowest BCUT2D eigenvalue weighted by Gasteiger charge is -2.35. The Bertz CT molecular complexity index is 872. The molecule has 0 spiro atoms. The zero-order chi connectivity index (χ0) is 20.9. The monoisotopic (exact) mass is 429 g/mol. The summed E-state index contributed by atoms with van der Waals surface area (Å²) in [6.07, 6.45) is 2.22. The molecule has 0 atom stereocenters. The maximum atomic E-state index is 12.7. The first kappa shape index (κ1) is 20.8. The van der Waals surface area contributed by atoms with Crippen LogP contribution in [0.5, 0.6) is 0 Å². The number of hydrogen-bond acceptors (Lipinski definition) is 7. The second-order valence-corrected chi connectivity index (χ2v) is 8.68. The minimum absolute atomic E-state index is 0.0731. The molecule has 0 saturated carbocycles. The van der Waals surface area contributed by atoms with Gasteiger partial charge < -0.3 is 9.80 Å². The van der Waals surface area contributed by atoms with Crippen molar-refractivity contribution in [3.8, 4) is 5.69 Å². The number of piperazine rings is 1. The number of tetrazole rings is 1. The molecular formula is C20H27N7O2S. The number of carbonyl (C=O) groups is 2. The third-order valence-electron chi connectivity index (χ3n) is 5.59. The number of thioether (sulfide) groups is 1. The van der Waals surface area contributed by atoms with Gasteiger partial charge in [-0.1, -0.05) is 29.5 Å². The fourth-order valence-corrected chi connectivity index (χ4v) is 4.54. The lowest BCUT2D eigenvalue weighted by atomic mass is 10.2. The van der Waals surface area contributed by atoms with Crippen LogP contribution in [0.15, 0.2) is 29.4 Å².